The van der Waals surface area contributed by atoms with Gasteiger partial charge in [0.15, 0.2) is 0 Å². The molecule has 1 N–H and O–H groups in total. The molecule has 0 aliphatic rings. The summed E-state index contributed by atoms with van der Waals surface area (Å²) in [7, 11) is 3.15. The van der Waals surface area contributed by atoms with Crippen LogP contribution in [0.5, 0.6) is 11.5 Å². The van der Waals surface area contributed by atoms with E-state index in [1.807, 2.05) is 13.8 Å². The van der Waals surface area contributed by atoms with Crippen LogP contribution < -0.4 is 9.47 Å². The minimum atomic E-state index is -0.750. The molecule has 0 amide bonds. The molecule has 1 rings (SSSR count). The quantitative estimate of drug-likeness (QED) is 0.753. The number of hydrogen-bond donors (Lipinski definition) is 1. The molecule has 0 saturated heterocycles. The van der Waals surface area contributed by atoms with Crippen molar-refractivity contribution in [3.63, 3.8) is 0 Å². The van der Waals surface area contributed by atoms with Crippen LogP contribution in [0.3, 0.4) is 0 Å². The Balaban J connectivity index is 2.60. The van der Waals surface area contributed by atoms with Crippen LogP contribution in [-0.2, 0) is 9.47 Å². The second-order valence-electron chi connectivity index (χ2n) is 4.43. The van der Waals surface area contributed by atoms with Gasteiger partial charge in [-0.3, -0.25) is 0 Å². The van der Waals surface area contributed by atoms with E-state index in [1.165, 1.54) is 0 Å². The van der Waals surface area contributed by atoms with Crippen molar-refractivity contribution < 1.29 is 24.1 Å². The van der Waals surface area contributed by atoms with Crippen LogP contribution in [0, 0.1) is 0 Å². The predicted molar refractivity (Wildman–Crippen MR) is 76.4 cm³/mol. The fraction of sp³-hybridized carbons (Fsp3) is 0.600. The van der Waals surface area contributed by atoms with Gasteiger partial charge in [0.05, 0.1) is 33.5 Å². The molecule has 0 aliphatic carbocycles. The summed E-state index contributed by atoms with van der Waals surface area (Å²) in [6, 6.07) is 5.30. The van der Waals surface area contributed by atoms with Crippen LogP contribution in [0.25, 0.3) is 0 Å². The number of aliphatic hydroxyl groups excluding tert-OH is 1. The van der Waals surface area contributed by atoms with E-state index in [0.29, 0.717) is 30.3 Å². The summed E-state index contributed by atoms with van der Waals surface area (Å²) >= 11 is 0. The van der Waals surface area contributed by atoms with Crippen molar-refractivity contribution >= 4 is 0 Å². The molecule has 0 fully saturated rings. The van der Waals surface area contributed by atoms with Crippen LogP contribution in [0.2, 0.25) is 0 Å². The molecule has 0 saturated carbocycles. The molecular weight excluding hydrogens is 260 g/mol. The van der Waals surface area contributed by atoms with Gasteiger partial charge in [0.1, 0.15) is 17.6 Å². The lowest BCUT2D eigenvalue weighted by molar-refractivity contribution is -0.0399. The Labute approximate surface area is 120 Å². The number of ether oxygens (including phenoxy) is 4. The predicted octanol–water partition coefficient (Wildman–Crippen LogP) is 2.18. The Morgan fingerprint density at radius 2 is 1.90 bits per heavy atom. The molecule has 2 unspecified atom stereocenters. The van der Waals surface area contributed by atoms with Gasteiger partial charge in [-0.2, -0.15) is 0 Å². The van der Waals surface area contributed by atoms with Gasteiger partial charge >= 0.3 is 0 Å². The number of methoxy groups -OCH3 is 2. The number of rotatable bonds is 9. The SMILES string of the molecule is CCOCC(C)OCC(O)c1ccc(OC)cc1OC. The number of benzene rings is 1. The van der Waals surface area contributed by atoms with Crippen LogP contribution in [0.1, 0.15) is 25.5 Å². The van der Waals surface area contributed by atoms with E-state index < -0.39 is 6.10 Å². The second kappa shape index (κ2) is 8.79. The first-order chi connectivity index (χ1) is 9.62. The highest BCUT2D eigenvalue weighted by molar-refractivity contribution is 5.41. The lowest BCUT2D eigenvalue weighted by Gasteiger charge is -2.18. The highest BCUT2D eigenvalue weighted by Crippen LogP contribution is 2.29. The zero-order valence-corrected chi connectivity index (χ0v) is 12.6. The van der Waals surface area contributed by atoms with Gasteiger partial charge in [0.2, 0.25) is 0 Å². The molecular formula is C15H24O5. The summed E-state index contributed by atoms with van der Waals surface area (Å²) in [6.45, 7) is 5.21. The van der Waals surface area contributed by atoms with Crippen LogP contribution >= 0.6 is 0 Å². The minimum Gasteiger partial charge on any atom is -0.497 e. The van der Waals surface area contributed by atoms with Gasteiger partial charge in [-0.25, -0.2) is 0 Å². The van der Waals surface area contributed by atoms with E-state index in [0.717, 1.165) is 0 Å². The molecule has 1 aromatic rings. The Bertz CT molecular complexity index is 394. The molecule has 5 nitrogen and oxygen atoms in total. The third-order valence-electron chi connectivity index (χ3n) is 2.89. The molecule has 20 heavy (non-hydrogen) atoms. The molecule has 5 heteroatoms. The molecule has 0 radical (unpaired) electrons. The maximum atomic E-state index is 10.2. The van der Waals surface area contributed by atoms with Crippen LogP contribution in [-0.4, -0.2) is 45.3 Å². The van der Waals surface area contributed by atoms with Gasteiger partial charge in [-0.15, -0.1) is 0 Å². The first-order valence-corrected chi connectivity index (χ1v) is 6.71. The van der Waals surface area contributed by atoms with Crippen LogP contribution in [0.15, 0.2) is 18.2 Å². The third kappa shape index (κ3) is 5.00. The van der Waals surface area contributed by atoms with Crippen molar-refractivity contribution in [1.29, 1.82) is 0 Å². The summed E-state index contributed by atoms with van der Waals surface area (Å²) < 4.78 is 21.2. The topological polar surface area (TPSA) is 57.2 Å². The zero-order chi connectivity index (χ0) is 15.0. The number of aliphatic hydroxyl groups is 1. The Morgan fingerprint density at radius 1 is 1.15 bits per heavy atom. The molecule has 1 aromatic carbocycles. The van der Waals surface area contributed by atoms with E-state index in [4.69, 9.17) is 18.9 Å². The monoisotopic (exact) mass is 284 g/mol. The lowest BCUT2D eigenvalue weighted by Crippen LogP contribution is -2.20. The fourth-order valence-corrected chi connectivity index (χ4v) is 1.77. The summed E-state index contributed by atoms with van der Waals surface area (Å²) in [6.07, 6.45) is -0.811. The zero-order valence-electron chi connectivity index (χ0n) is 12.6. The minimum absolute atomic E-state index is 0.0613. The van der Waals surface area contributed by atoms with Gasteiger partial charge in [0, 0.05) is 18.2 Å². The fourth-order valence-electron chi connectivity index (χ4n) is 1.77. The lowest BCUT2D eigenvalue weighted by atomic mass is 10.1. The molecule has 2 atom stereocenters. The summed E-state index contributed by atoms with van der Waals surface area (Å²) in [4.78, 5) is 0. The highest BCUT2D eigenvalue weighted by Gasteiger charge is 2.15. The first kappa shape index (κ1) is 16.8. The Kier molecular flexibility index (Phi) is 7.36. The maximum Gasteiger partial charge on any atom is 0.128 e. The summed E-state index contributed by atoms with van der Waals surface area (Å²) in [5.74, 6) is 1.27. The van der Waals surface area contributed by atoms with E-state index in [2.05, 4.69) is 0 Å². The van der Waals surface area contributed by atoms with Crippen molar-refractivity contribution in [2.45, 2.75) is 26.1 Å². The molecule has 0 bridgehead atoms. The van der Waals surface area contributed by atoms with Gasteiger partial charge in [-0.05, 0) is 26.0 Å². The standard InChI is InChI=1S/C15H24O5/c1-5-19-9-11(2)20-10-14(16)13-7-6-12(17-3)8-15(13)18-4/h6-8,11,14,16H,5,9-10H2,1-4H3. The van der Waals surface area contributed by atoms with Crippen molar-refractivity contribution in [1.82, 2.24) is 0 Å². The van der Waals surface area contributed by atoms with Crippen molar-refractivity contribution in [3.05, 3.63) is 23.8 Å². The molecule has 114 valence electrons. The van der Waals surface area contributed by atoms with Gasteiger partial charge < -0.3 is 24.1 Å². The Morgan fingerprint density at radius 3 is 2.50 bits per heavy atom. The second-order valence-corrected chi connectivity index (χ2v) is 4.43. The normalized spacial score (nSPS) is 13.8. The largest absolute Gasteiger partial charge is 0.497 e. The summed E-state index contributed by atoms with van der Waals surface area (Å²) in [5.41, 5.74) is 0.678. The maximum absolute atomic E-state index is 10.2. The smallest absolute Gasteiger partial charge is 0.128 e. The van der Waals surface area contributed by atoms with E-state index in [9.17, 15) is 5.11 Å². The molecule has 0 aliphatic heterocycles. The van der Waals surface area contributed by atoms with Crippen molar-refractivity contribution in [2.24, 2.45) is 0 Å². The van der Waals surface area contributed by atoms with E-state index >= 15 is 0 Å². The average molecular weight is 284 g/mol. The van der Waals surface area contributed by atoms with Gasteiger partial charge in [0.25, 0.3) is 0 Å². The Hall–Kier alpha value is -1.30. The summed E-state index contributed by atoms with van der Waals surface area (Å²) in [5, 5.41) is 10.2. The van der Waals surface area contributed by atoms with Crippen LogP contribution in [0.4, 0.5) is 0 Å². The van der Waals surface area contributed by atoms with E-state index in [-0.39, 0.29) is 12.7 Å². The van der Waals surface area contributed by atoms with Crippen molar-refractivity contribution in [2.75, 3.05) is 34.0 Å². The highest BCUT2D eigenvalue weighted by atomic mass is 16.5. The average Bonchev–Trinajstić information content (AvgIpc) is 2.49. The van der Waals surface area contributed by atoms with Crippen molar-refractivity contribution in [3.8, 4) is 11.5 Å². The third-order valence-corrected chi connectivity index (χ3v) is 2.89. The number of hydrogen-bond acceptors (Lipinski definition) is 5. The van der Waals surface area contributed by atoms with E-state index in [1.54, 1.807) is 32.4 Å². The molecule has 0 aromatic heterocycles. The first-order valence-electron chi connectivity index (χ1n) is 6.71. The molecule has 0 spiro atoms. The molecule has 0 heterocycles. The van der Waals surface area contributed by atoms with Gasteiger partial charge in [-0.1, -0.05) is 0 Å².